The van der Waals surface area contributed by atoms with Crippen LogP contribution in [0.1, 0.15) is 348 Å². The molecule has 3 aromatic rings. The number of nitrogens with zero attached hydrogens (tertiary/aromatic N) is 3. The van der Waals surface area contributed by atoms with Gasteiger partial charge in [-0.25, -0.2) is 4.79 Å². The number of benzene rings is 3. The number of ether oxygens (including phenoxy) is 3. The fourth-order valence-electron chi connectivity index (χ4n) is 18.3. The van der Waals surface area contributed by atoms with E-state index in [1.807, 2.05) is 80.6 Å². The van der Waals surface area contributed by atoms with Gasteiger partial charge in [0.05, 0.1) is 11.8 Å². The van der Waals surface area contributed by atoms with Crippen molar-refractivity contribution >= 4 is 17.9 Å². The van der Waals surface area contributed by atoms with E-state index in [1.165, 1.54) is 25.3 Å². The zero-order valence-corrected chi connectivity index (χ0v) is 77.3. The Morgan fingerprint density at radius 2 is 0.573 bits per heavy atom. The molecule has 0 N–H and O–H groups in total. The molecular formula is C98H169N3O9. The largest absolute Gasteiger partial charge is 0.462 e. The highest BCUT2D eigenvalue weighted by atomic mass is 16.7. The molecular weight excluding hydrogens is 1360 g/mol. The number of hydroxylamine groups is 6. The van der Waals surface area contributed by atoms with E-state index in [0.717, 1.165) is 97.6 Å². The molecule has 0 amide bonds. The number of hydrogen-bond donors (Lipinski definition) is 0. The Labute approximate surface area is 676 Å². The third-order valence-corrected chi connectivity index (χ3v) is 27.8. The van der Waals surface area contributed by atoms with Gasteiger partial charge in [0.25, 0.3) is 0 Å². The normalized spacial score (nSPS) is 22.0. The van der Waals surface area contributed by atoms with Crippen molar-refractivity contribution in [3.05, 3.63) is 120 Å². The average Bonchev–Trinajstić information content (AvgIpc) is 0.787. The van der Waals surface area contributed by atoms with Crippen LogP contribution >= 0.6 is 0 Å². The Morgan fingerprint density at radius 1 is 0.355 bits per heavy atom. The first-order valence-corrected chi connectivity index (χ1v) is 43.4. The molecule has 0 bridgehead atoms. The lowest BCUT2D eigenvalue weighted by Crippen LogP contribution is -2.58. The Hall–Kier alpha value is -4.43. The van der Waals surface area contributed by atoms with Crippen LogP contribution in [-0.2, 0) is 43.1 Å². The van der Waals surface area contributed by atoms with E-state index in [4.69, 9.17) is 28.7 Å². The minimum atomic E-state index is -0.434. The highest BCUT2D eigenvalue weighted by Crippen LogP contribution is 2.51. The summed E-state index contributed by atoms with van der Waals surface area (Å²) in [6, 6.07) is 30.3. The average molecular weight is 1530 g/mol. The number of esters is 3. The summed E-state index contributed by atoms with van der Waals surface area (Å²) in [7, 11) is 0. The van der Waals surface area contributed by atoms with Crippen LogP contribution in [-0.4, -0.2) is 86.2 Å². The highest BCUT2D eigenvalue weighted by molar-refractivity contribution is 5.81. The molecule has 3 aliphatic rings. The molecule has 630 valence electrons. The number of hydrogen-bond acceptors (Lipinski definition) is 12. The van der Waals surface area contributed by atoms with Crippen LogP contribution in [0, 0.1) is 99.6 Å². The van der Waals surface area contributed by atoms with Crippen molar-refractivity contribution in [2.24, 2.45) is 99.6 Å². The predicted octanol–water partition coefficient (Wildman–Crippen LogP) is 26.4. The zero-order chi connectivity index (χ0) is 84.0. The Morgan fingerprint density at radius 3 is 0.773 bits per heavy atom. The maximum atomic E-state index is 13.4. The fraction of sp³-hybridized carbons (Fsp3) is 0.765. The van der Waals surface area contributed by atoms with Crippen molar-refractivity contribution in [3.63, 3.8) is 0 Å². The molecule has 3 fully saturated rings. The summed E-state index contributed by atoms with van der Waals surface area (Å²) in [6.45, 7) is 83.9. The van der Waals surface area contributed by atoms with Crippen LogP contribution in [0.15, 0.2) is 104 Å². The second-order valence-electron chi connectivity index (χ2n) is 40.8. The first kappa shape index (κ1) is 99.8. The van der Waals surface area contributed by atoms with Gasteiger partial charge in [-0.2, -0.15) is 15.2 Å². The molecule has 0 spiro atoms. The summed E-state index contributed by atoms with van der Waals surface area (Å²) < 4.78 is 17.3. The molecule has 3 aliphatic heterocycles. The van der Waals surface area contributed by atoms with Crippen LogP contribution in [0.3, 0.4) is 0 Å². The summed E-state index contributed by atoms with van der Waals surface area (Å²) in [5.74, 6) is 7.40. The lowest BCUT2D eigenvalue weighted by Gasteiger charge is -2.52. The van der Waals surface area contributed by atoms with Gasteiger partial charge in [-0.05, 0) is 258 Å². The fourth-order valence-corrected chi connectivity index (χ4v) is 18.3. The van der Waals surface area contributed by atoms with E-state index in [-0.39, 0.29) is 106 Å². The van der Waals surface area contributed by atoms with E-state index < -0.39 is 5.97 Å². The number of carbonyl (C=O) groups is 3. The lowest BCUT2D eigenvalue weighted by molar-refractivity contribution is -0.312. The van der Waals surface area contributed by atoms with Crippen LogP contribution in [0.25, 0.3) is 0 Å². The molecule has 11 atom stereocenters. The van der Waals surface area contributed by atoms with Gasteiger partial charge in [0, 0.05) is 39.3 Å². The van der Waals surface area contributed by atoms with E-state index in [0.29, 0.717) is 47.3 Å². The molecule has 110 heavy (non-hydrogen) atoms. The van der Waals surface area contributed by atoms with Crippen molar-refractivity contribution < 1.29 is 43.1 Å². The van der Waals surface area contributed by atoms with Crippen molar-refractivity contribution in [1.29, 1.82) is 0 Å². The molecule has 3 heterocycles. The van der Waals surface area contributed by atoms with Crippen molar-refractivity contribution in [3.8, 4) is 0 Å². The number of carbonyl (C=O) groups excluding carboxylic acids is 3. The predicted molar refractivity (Wildman–Crippen MR) is 462 cm³/mol. The maximum absolute atomic E-state index is 13.4. The maximum Gasteiger partial charge on any atom is 0.330 e. The molecule has 0 radical (unpaired) electrons. The quantitative estimate of drug-likeness (QED) is 0.0322. The van der Waals surface area contributed by atoms with Crippen molar-refractivity contribution in [2.75, 3.05) is 19.8 Å². The van der Waals surface area contributed by atoms with E-state index in [9.17, 15) is 14.4 Å². The lowest BCUT2D eigenvalue weighted by atomic mass is 9.59. The molecule has 12 nitrogen and oxygen atoms in total. The SMILES string of the molecule is C=CC(=O)OCC(ON1C(C)(C)CCCC1(C)C)c1ccccc1.CC(C)C(C)C(C)C(C)C(C)C.CC(CC(C)(C(C)C(C)C)C(C)C(C)C)C(=O)OCC(ON1C(C)(C)CCCC1(C)C)c1ccccc1.CC(CC(C)(C(C)C(C)C)C(C)C(C)C)C(=O)OCC(ON1C(C)(C)CCCC1(C)C)c1ccccc1. The summed E-state index contributed by atoms with van der Waals surface area (Å²) in [4.78, 5) is 58.2. The Kier molecular flexibility index (Phi) is 39.5. The Balaban J connectivity index is 0.000000404. The van der Waals surface area contributed by atoms with Gasteiger partial charge >= 0.3 is 17.9 Å². The van der Waals surface area contributed by atoms with Crippen molar-refractivity contribution in [2.45, 2.75) is 365 Å². The number of piperidine rings is 3. The van der Waals surface area contributed by atoms with Gasteiger partial charge in [0.15, 0.2) is 0 Å². The molecule has 12 heteroatoms. The van der Waals surface area contributed by atoms with Crippen LogP contribution in [0.2, 0.25) is 0 Å². The van der Waals surface area contributed by atoms with E-state index >= 15 is 0 Å². The zero-order valence-electron chi connectivity index (χ0n) is 77.3. The van der Waals surface area contributed by atoms with Crippen LogP contribution in [0.5, 0.6) is 0 Å². The topological polar surface area (TPSA) is 116 Å². The van der Waals surface area contributed by atoms with Crippen LogP contribution in [0.4, 0.5) is 0 Å². The van der Waals surface area contributed by atoms with E-state index in [1.54, 1.807) is 0 Å². The van der Waals surface area contributed by atoms with Gasteiger partial charge in [-0.1, -0.05) is 257 Å². The first-order chi connectivity index (χ1) is 50.7. The summed E-state index contributed by atoms with van der Waals surface area (Å²) in [6.07, 6.45) is 11.8. The van der Waals surface area contributed by atoms with E-state index in [2.05, 4.69) is 275 Å². The third kappa shape index (κ3) is 28.8. The second-order valence-corrected chi connectivity index (χ2v) is 40.8. The standard InChI is InChI=1S/2C33H57NO3.C20H29NO3.C12H26/c2*1-23(2)26(6)33(12,27(7)24(3)4)21-25(5)30(35)36-22-29(28-17-14-13-15-18-28)37-34-31(8,9)19-16-20-32(34,10)11;1-6-18(22)23-15-17(16-11-8-7-9-12-16)24-21-19(2,3)13-10-14-20(21,4)5;1-8(2)10(5)12(7)11(6)9(3)4/h2*13-15,17-18,23-27,29H,16,19-22H2,1-12H3;6-9,11-12,17H,1,10,13-15H2,2-5H3;8-12H,1-7H3. The Bertz CT molecular complexity index is 2900. The third-order valence-electron chi connectivity index (χ3n) is 27.8. The van der Waals surface area contributed by atoms with Gasteiger partial charge in [-0.3, -0.25) is 24.1 Å². The molecule has 3 aromatic carbocycles. The molecule has 6 rings (SSSR count). The summed E-state index contributed by atoms with van der Waals surface area (Å²) >= 11 is 0. The number of rotatable bonds is 34. The molecule has 0 saturated carbocycles. The highest BCUT2D eigenvalue weighted by Gasteiger charge is 2.49. The van der Waals surface area contributed by atoms with Crippen molar-refractivity contribution in [1.82, 2.24) is 15.2 Å². The summed E-state index contributed by atoms with van der Waals surface area (Å²) in [5, 5.41) is 6.44. The van der Waals surface area contributed by atoms with Gasteiger partial charge in [0.1, 0.15) is 38.1 Å². The monoisotopic (exact) mass is 1530 g/mol. The minimum absolute atomic E-state index is 0.0535. The first-order valence-electron chi connectivity index (χ1n) is 43.4. The second kappa shape index (κ2) is 43.5. The van der Waals surface area contributed by atoms with Crippen LogP contribution < -0.4 is 0 Å². The minimum Gasteiger partial charge on any atom is -0.462 e. The van der Waals surface area contributed by atoms with Gasteiger partial charge in [0.2, 0.25) is 0 Å². The smallest absolute Gasteiger partial charge is 0.330 e. The van der Waals surface area contributed by atoms with Gasteiger partial charge in [-0.15, -0.1) is 0 Å². The molecule has 3 saturated heterocycles. The molecule has 0 aromatic heterocycles. The van der Waals surface area contributed by atoms with Gasteiger partial charge < -0.3 is 14.2 Å². The molecule has 11 unspecified atom stereocenters. The summed E-state index contributed by atoms with van der Waals surface area (Å²) in [5.41, 5.74) is 2.67. The molecule has 0 aliphatic carbocycles.